The third kappa shape index (κ3) is 1.50. The maximum Gasteiger partial charge on any atom is 0.0932 e. The van der Waals surface area contributed by atoms with E-state index >= 15 is 0 Å². The summed E-state index contributed by atoms with van der Waals surface area (Å²) in [6.07, 6.45) is 3.92. The van der Waals surface area contributed by atoms with Crippen LogP contribution in [0.1, 0.15) is 33.1 Å². The first-order chi connectivity index (χ1) is 4.25. The van der Waals surface area contributed by atoms with Crippen molar-refractivity contribution < 1.29 is 0 Å². The molecule has 0 saturated carbocycles. The van der Waals surface area contributed by atoms with Gasteiger partial charge in [-0.3, -0.25) is 0 Å². The minimum atomic E-state index is -0.0898. The second-order valence-electron chi connectivity index (χ2n) is 2.63. The Labute approximate surface area is 63.6 Å². The maximum atomic E-state index is 5.37. The molecule has 0 bridgehead atoms. The highest BCUT2D eigenvalue weighted by atomic mass is 32.7. The smallest absolute Gasteiger partial charge is 0.0932 e. The lowest BCUT2D eigenvalue weighted by Crippen LogP contribution is -1.85. The molecule has 1 aliphatic rings. The van der Waals surface area contributed by atoms with Crippen LogP contribution in [-0.4, -0.2) is 11.0 Å². The van der Waals surface area contributed by atoms with Gasteiger partial charge in [0.15, 0.2) is 0 Å². The first kappa shape index (κ1) is 7.63. The van der Waals surface area contributed by atoms with E-state index in [-0.39, 0.29) is 6.75 Å². The first-order valence-electron chi connectivity index (χ1n) is 3.56. The minimum Gasteiger partial charge on any atom is -0.493 e. The van der Waals surface area contributed by atoms with Gasteiger partial charge in [0, 0.05) is 12.8 Å². The molecular weight excluding hydrogens is 147 g/mol. The van der Waals surface area contributed by atoms with Crippen LogP contribution in [0.3, 0.4) is 0 Å². The number of hydrogen-bond donors (Lipinski definition) is 0. The highest BCUT2D eigenvalue weighted by molar-refractivity contribution is 8.33. The predicted octanol–water partition coefficient (Wildman–Crippen LogP) is 2.69. The highest BCUT2D eigenvalue weighted by Gasteiger charge is 2.21. The first-order valence-corrected chi connectivity index (χ1v) is 5.99. The Morgan fingerprint density at radius 2 is 2.44 bits per heavy atom. The van der Waals surface area contributed by atoms with E-state index in [0.717, 1.165) is 5.66 Å². The van der Waals surface area contributed by atoms with Gasteiger partial charge in [0.25, 0.3) is 0 Å². The molecule has 2 atom stereocenters. The molecule has 0 spiro atoms. The fourth-order valence-electron chi connectivity index (χ4n) is 1.25. The van der Waals surface area contributed by atoms with E-state index in [2.05, 4.69) is 13.8 Å². The van der Waals surface area contributed by atoms with Gasteiger partial charge in [0.05, 0.1) is 11.0 Å². The average molecular weight is 160 g/mol. The predicted molar refractivity (Wildman–Crippen MR) is 48.3 cm³/mol. The highest BCUT2D eigenvalue weighted by Crippen LogP contribution is 2.40. The van der Waals surface area contributed by atoms with E-state index in [9.17, 15) is 0 Å². The van der Waals surface area contributed by atoms with E-state index in [1.54, 1.807) is 5.29 Å². The quantitative estimate of drug-likeness (QED) is 0.420. The van der Waals surface area contributed by atoms with E-state index in [1.165, 1.54) is 19.3 Å². The zero-order valence-corrected chi connectivity index (χ0v) is 7.77. The molecule has 1 heterocycles. The normalized spacial score (nSPS) is 31.7. The summed E-state index contributed by atoms with van der Waals surface area (Å²) < 4.78 is 0. The zero-order chi connectivity index (χ0) is 6.85. The zero-order valence-electron chi connectivity index (χ0n) is 6.05. The largest absolute Gasteiger partial charge is 0.493 e. The third-order valence-corrected chi connectivity index (χ3v) is 6.05. The minimum absolute atomic E-state index is 0.0898. The van der Waals surface area contributed by atoms with Gasteiger partial charge in [-0.05, 0) is 20.1 Å². The Morgan fingerprint density at radius 3 is 2.67 bits per heavy atom. The lowest BCUT2D eigenvalue weighted by molar-refractivity contribution is 0.868. The summed E-state index contributed by atoms with van der Waals surface area (Å²) in [6.45, 7) is 4.43. The van der Waals surface area contributed by atoms with Gasteiger partial charge in [0.2, 0.25) is 0 Å². The molecule has 2 heteroatoms. The van der Waals surface area contributed by atoms with Crippen molar-refractivity contribution in [1.82, 2.24) is 0 Å². The summed E-state index contributed by atoms with van der Waals surface area (Å²) in [5.41, 5.74) is 0.838. The van der Waals surface area contributed by atoms with Gasteiger partial charge in [-0.25, -0.2) is 0 Å². The van der Waals surface area contributed by atoms with Gasteiger partial charge in [-0.2, -0.15) is 0 Å². The molecule has 0 amide bonds. The summed E-state index contributed by atoms with van der Waals surface area (Å²) >= 11 is 5.37. The van der Waals surface area contributed by atoms with Crippen molar-refractivity contribution in [3.05, 3.63) is 0 Å². The van der Waals surface area contributed by atoms with Crippen molar-refractivity contribution in [2.75, 3.05) is 0 Å². The van der Waals surface area contributed by atoms with Crippen LogP contribution < -0.4 is 0 Å². The Bertz CT molecular complexity index is 140. The summed E-state index contributed by atoms with van der Waals surface area (Å²) in [4.78, 5) is 0. The van der Waals surface area contributed by atoms with E-state index < -0.39 is 0 Å². The van der Waals surface area contributed by atoms with E-state index in [0.29, 0.717) is 0 Å². The molecule has 1 aliphatic heterocycles. The van der Waals surface area contributed by atoms with Gasteiger partial charge < -0.3 is 12.2 Å². The Hall–Kier alpha value is 0.520. The molecular formula is C7H13PS. The van der Waals surface area contributed by atoms with E-state index in [1.807, 2.05) is 0 Å². The maximum absolute atomic E-state index is 5.37. The van der Waals surface area contributed by atoms with Crippen LogP contribution in [0.25, 0.3) is 0 Å². The third-order valence-electron chi connectivity index (χ3n) is 1.97. The fourth-order valence-corrected chi connectivity index (χ4v) is 3.87. The van der Waals surface area contributed by atoms with Crippen molar-refractivity contribution in [1.29, 1.82) is 0 Å². The summed E-state index contributed by atoms with van der Waals surface area (Å²) in [5.74, 6) is 0. The Morgan fingerprint density at radius 1 is 1.78 bits per heavy atom. The van der Waals surface area contributed by atoms with Crippen LogP contribution in [0.2, 0.25) is 0 Å². The van der Waals surface area contributed by atoms with Crippen molar-refractivity contribution in [2.45, 2.75) is 38.8 Å². The molecule has 0 aromatic heterocycles. The van der Waals surface area contributed by atoms with Gasteiger partial charge >= 0.3 is 0 Å². The van der Waals surface area contributed by atoms with Crippen LogP contribution >= 0.6 is 6.75 Å². The molecule has 0 saturated heterocycles. The standard InChI is InChI=1S/C7H13PS/c1-3-7-5-4-6(2)8(7)9/h6H,3-5H2,1-2H3. The van der Waals surface area contributed by atoms with Crippen LogP contribution in [0.4, 0.5) is 0 Å². The second kappa shape index (κ2) is 3.07. The van der Waals surface area contributed by atoms with Crippen molar-refractivity contribution >= 4 is 24.3 Å². The molecule has 0 fully saturated rings. The van der Waals surface area contributed by atoms with Gasteiger partial charge in [-0.15, -0.1) is 0 Å². The summed E-state index contributed by atoms with van der Waals surface area (Å²) in [7, 11) is 0. The molecule has 2 unspecified atom stereocenters. The van der Waals surface area contributed by atoms with Gasteiger partial charge in [-0.1, -0.05) is 6.92 Å². The molecule has 9 heavy (non-hydrogen) atoms. The molecule has 0 aliphatic carbocycles. The Balaban J connectivity index is 2.68. The molecule has 0 radical (unpaired) electrons. The topological polar surface area (TPSA) is 0 Å². The Kier molecular flexibility index (Phi) is 2.60. The van der Waals surface area contributed by atoms with E-state index in [4.69, 9.17) is 12.2 Å². The van der Waals surface area contributed by atoms with Crippen LogP contribution in [0.5, 0.6) is 0 Å². The number of hydrogen-bond acceptors (Lipinski definition) is 1. The van der Waals surface area contributed by atoms with Gasteiger partial charge in [0.1, 0.15) is 0 Å². The molecule has 0 aromatic carbocycles. The number of rotatable bonds is 1. The van der Waals surface area contributed by atoms with Crippen LogP contribution in [0.15, 0.2) is 0 Å². The van der Waals surface area contributed by atoms with Crippen molar-refractivity contribution in [2.24, 2.45) is 0 Å². The average Bonchev–Trinajstić information content (AvgIpc) is 2.15. The van der Waals surface area contributed by atoms with Crippen LogP contribution in [0, 0.1) is 0 Å². The fraction of sp³-hybridized carbons (Fsp3) is 0.857. The molecule has 1 rings (SSSR count). The molecule has 0 aromatic rings. The summed E-state index contributed by atoms with van der Waals surface area (Å²) in [6, 6.07) is 0. The summed E-state index contributed by atoms with van der Waals surface area (Å²) in [5, 5.41) is 1.67. The SMILES string of the molecule is CCC1=[P+]([S-])C(C)CC1. The molecule has 52 valence electrons. The lowest BCUT2D eigenvalue weighted by Gasteiger charge is -1.99. The monoisotopic (exact) mass is 160 g/mol. The van der Waals surface area contributed by atoms with Crippen molar-refractivity contribution in [3.8, 4) is 0 Å². The van der Waals surface area contributed by atoms with Crippen molar-refractivity contribution in [3.63, 3.8) is 0 Å². The van der Waals surface area contributed by atoms with Crippen LogP contribution in [-0.2, 0) is 12.2 Å². The molecule has 0 N–H and O–H groups in total. The lowest BCUT2D eigenvalue weighted by atomic mass is 10.2. The molecule has 0 nitrogen and oxygen atoms in total. The second-order valence-corrected chi connectivity index (χ2v) is 5.98.